The van der Waals surface area contributed by atoms with E-state index in [2.05, 4.69) is 5.32 Å². The van der Waals surface area contributed by atoms with Gasteiger partial charge in [-0.3, -0.25) is 9.59 Å². The number of ether oxygens (including phenoxy) is 2. The first-order valence-corrected chi connectivity index (χ1v) is 10.6. The predicted octanol–water partition coefficient (Wildman–Crippen LogP) is 4.15. The molecule has 0 spiro atoms. The molecular formula is C25H29NO4. The number of benzene rings is 2. The standard InChI is InChI=1S/C25H29NO4/c1-18-5-9-20(10-6-18)29-13-3-4-22(27)24-15-25(16-24,17-24)26-23(28)14-30-21-11-7-19(2)8-12-21/h5-12H,3-4,13-17H2,1-2H3,(H,26,28). The van der Waals surface area contributed by atoms with E-state index >= 15 is 0 Å². The summed E-state index contributed by atoms with van der Waals surface area (Å²) in [5, 5.41) is 3.07. The highest BCUT2D eigenvalue weighted by Crippen LogP contribution is 2.68. The number of amides is 1. The molecule has 2 aromatic carbocycles. The minimum absolute atomic E-state index is 0.00209. The van der Waals surface area contributed by atoms with Crippen LogP contribution in [0.2, 0.25) is 0 Å². The molecule has 3 aliphatic carbocycles. The van der Waals surface area contributed by atoms with Crippen molar-refractivity contribution in [2.24, 2.45) is 5.41 Å². The zero-order chi connectivity index (χ0) is 21.2. The Hall–Kier alpha value is -2.82. The lowest BCUT2D eigenvalue weighted by Gasteiger charge is -2.69. The lowest BCUT2D eigenvalue weighted by molar-refractivity contribution is -0.182. The molecule has 30 heavy (non-hydrogen) atoms. The molecule has 0 radical (unpaired) electrons. The van der Waals surface area contributed by atoms with Crippen molar-refractivity contribution in [3.8, 4) is 11.5 Å². The van der Waals surface area contributed by atoms with E-state index in [9.17, 15) is 9.59 Å². The van der Waals surface area contributed by atoms with Crippen LogP contribution in [-0.2, 0) is 9.59 Å². The number of hydrogen-bond donors (Lipinski definition) is 1. The van der Waals surface area contributed by atoms with Crippen molar-refractivity contribution in [1.82, 2.24) is 5.32 Å². The summed E-state index contributed by atoms with van der Waals surface area (Å²) in [5.74, 6) is 1.71. The maximum Gasteiger partial charge on any atom is 0.258 e. The molecule has 2 aromatic rings. The number of hydrogen-bond acceptors (Lipinski definition) is 4. The van der Waals surface area contributed by atoms with E-state index in [1.165, 1.54) is 5.56 Å². The number of aryl methyl sites for hydroxylation is 2. The first kappa shape index (κ1) is 20.5. The van der Waals surface area contributed by atoms with Crippen LogP contribution >= 0.6 is 0 Å². The van der Waals surface area contributed by atoms with Gasteiger partial charge < -0.3 is 14.8 Å². The summed E-state index contributed by atoms with van der Waals surface area (Å²) in [5.41, 5.74) is 1.94. The summed E-state index contributed by atoms with van der Waals surface area (Å²) in [6.45, 7) is 4.59. The highest BCUT2D eigenvalue weighted by Gasteiger charge is 2.71. The number of rotatable bonds is 10. The summed E-state index contributed by atoms with van der Waals surface area (Å²) >= 11 is 0. The fourth-order valence-electron chi connectivity index (χ4n) is 4.65. The fourth-order valence-corrected chi connectivity index (χ4v) is 4.65. The Balaban J connectivity index is 1.13. The van der Waals surface area contributed by atoms with E-state index in [1.54, 1.807) is 0 Å². The van der Waals surface area contributed by atoms with Crippen LogP contribution in [0.5, 0.6) is 11.5 Å². The summed E-state index contributed by atoms with van der Waals surface area (Å²) < 4.78 is 11.3. The van der Waals surface area contributed by atoms with Crippen molar-refractivity contribution in [1.29, 1.82) is 0 Å². The van der Waals surface area contributed by atoms with Gasteiger partial charge >= 0.3 is 0 Å². The predicted molar refractivity (Wildman–Crippen MR) is 115 cm³/mol. The van der Waals surface area contributed by atoms with Crippen molar-refractivity contribution in [3.63, 3.8) is 0 Å². The second-order valence-corrected chi connectivity index (χ2v) is 8.93. The number of carbonyl (C=O) groups is 2. The van der Waals surface area contributed by atoms with Gasteiger partial charge in [-0.25, -0.2) is 0 Å². The summed E-state index contributed by atoms with van der Waals surface area (Å²) in [6.07, 6.45) is 3.53. The van der Waals surface area contributed by atoms with E-state index in [0.29, 0.717) is 24.6 Å². The lowest BCUT2D eigenvalue weighted by atomic mass is 9.37. The van der Waals surface area contributed by atoms with E-state index in [0.717, 1.165) is 37.0 Å². The van der Waals surface area contributed by atoms with Crippen LogP contribution in [0.1, 0.15) is 43.2 Å². The Morgan fingerprint density at radius 3 is 1.97 bits per heavy atom. The third kappa shape index (κ3) is 4.35. The molecule has 5 heteroatoms. The van der Waals surface area contributed by atoms with Crippen molar-refractivity contribution in [2.75, 3.05) is 13.2 Å². The molecule has 3 fully saturated rings. The molecule has 1 amide bonds. The molecule has 0 heterocycles. The summed E-state index contributed by atoms with van der Waals surface area (Å²) in [7, 11) is 0. The van der Waals surface area contributed by atoms with Gasteiger partial charge in [-0.15, -0.1) is 0 Å². The van der Waals surface area contributed by atoms with Crippen LogP contribution in [0.4, 0.5) is 0 Å². The molecule has 0 aliphatic heterocycles. The Bertz CT molecular complexity index is 897. The van der Waals surface area contributed by atoms with Crippen LogP contribution in [-0.4, -0.2) is 30.4 Å². The Morgan fingerprint density at radius 1 is 0.867 bits per heavy atom. The van der Waals surface area contributed by atoms with Crippen LogP contribution < -0.4 is 14.8 Å². The largest absolute Gasteiger partial charge is 0.494 e. The van der Waals surface area contributed by atoms with E-state index in [-0.39, 0.29) is 23.5 Å². The van der Waals surface area contributed by atoms with Gasteiger partial charge in [0.1, 0.15) is 17.3 Å². The van der Waals surface area contributed by atoms with Gasteiger partial charge in [0.05, 0.1) is 6.61 Å². The van der Waals surface area contributed by atoms with Gasteiger partial charge in [0.2, 0.25) is 0 Å². The Morgan fingerprint density at radius 2 is 1.40 bits per heavy atom. The number of Topliss-reactive ketones (excluding diaryl/α,β-unsaturated/α-hetero) is 1. The third-order valence-corrected chi connectivity index (χ3v) is 6.26. The van der Waals surface area contributed by atoms with E-state index in [4.69, 9.17) is 9.47 Å². The smallest absolute Gasteiger partial charge is 0.258 e. The zero-order valence-corrected chi connectivity index (χ0v) is 17.7. The summed E-state index contributed by atoms with van der Waals surface area (Å²) in [6, 6.07) is 15.6. The molecule has 5 nitrogen and oxygen atoms in total. The van der Waals surface area contributed by atoms with Crippen molar-refractivity contribution < 1.29 is 19.1 Å². The van der Waals surface area contributed by atoms with Gasteiger partial charge in [-0.05, 0) is 63.8 Å². The first-order valence-electron chi connectivity index (χ1n) is 10.6. The van der Waals surface area contributed by atoms with Crippen molar-refractivity contribution in [2.45, 2.75) is 51.5 Å². The molecule has 158 valence electrons. The molecule has 0 saturated heterocycles. The van der Waals surface area contributed by atoms with Crippen LogP contribution in [0.15, 0.2) is 48.5 Å². The zero-order valence-electron chi connectivity index (χ0n) is 17.7. The minimum atomic E-state index is -0.213. The molecule has 5 rings (SSSR count). The fraction of sp³-hybridized carbons (Fsp3) is 0.440. The van der Waals surface area contributed by atoms with E-state index < -0.39 is 0 Å². The van der Waals surface area contributed by atoms with Crippen molar-refractivity contribution >= 4 is 11.7 Å². The normalized spacial score (nSPS) is 23.7. The molecule has 3 saturated carbocycles. The van der Waals surface area contributed by atoms with Gasteiger partial charge in [0, 0.05) is 17.4 Å². The molecule has 0 atom stereocenters. The van der Waals surface area contributed by atoms with Gasteiger partial charge in [-0.1, -0.05) is 35.4 Å². The average molecular weight is 408 g/mol. The van der Waals surface area contributed by atoms with Gasteiger partial charge in [0.15, 0.2) is 6.61 Å². The highest BCUT2D eigenvalue weighted by atomic mass is 16.5. The molecule has 0 unspecified atom stereocenters. The first-order chi connectivity index (χ1) is 14.4. The molecular weight excluding hydrogens is 378 g/mol. The SMILES string of the molecule is Cc1ccc(OCCCC(=O)C23CC(NC(=O)COc4ccc(C)cc4)(C2)C3)cc1. The van der Waals surface area contributed by atoms with E-state index in [1.807, 2.05) is 62.4 Å². The Labute approximate surface area is 177 Å². The quantitative estimate of drug-likeness (QED) is 0.601. The molecule has 0 aromatic heterocycles. The molecule has 3 aliphatic rings. The topological polar surface area (TPSA) is 64.6 Å². The molecule has 2 bridgehead atoms. The number of carbonyl (C=O) groups excluding carboxylic acids is 2. The summed E-state index contributed by atoms with van der Waals surface area (Å²) in [4.78, 5) is 24.8. The Kier molecular flexibility index (Phi) is 5.54. The van der Waals surface area contributed by atoms with Crippen LogP contribution in [0.3, 0.4) is 0 Å². The molecule has 1 N–H and O–H groups in total. The average Bonchev–Trinajstić information content (AvgIpc) is 2.67. The van der Waals surface area contributed by atoms with Crippen LogP contribution in [0.25, 0.3) is 0 Å². The maximum atomic E-state index is 12.6. The maximum absolute atomic E-state index is 12.6. The van der Waals surface area contributed by atoms with Gasteiger partial charge in [-0.2, -0.15) is 0 Å². The van der Waals surface area contributed by atoms with Crippen LogP contribution in [0, 0.1) is 19.3 Å². The second kappa shape index (κ2) is 8.13. The number of ketones is 1. The second-order valence-electron chi connectivity index (χ2n) is 8.93. The van der Waals surface area contributed by atoms with Gasteiger partial charge in [0.25, 0.3) is 5.91 Å². The third-order valence-electron chi connectivity index (χ3n) is 6.26. The monoisotopic (exact) mass is 407 g/mol. The number of nitrogens with one attached hydrogen (secondary N) is 1. The highest BCUT2D eigenvalue weighted by molar-refractivity contribution is 5.90. The lowest BCUT2D eigenvalue weighted by Crippen LogP contribution is -2.77. The van der Waals surface area contributed by atoms with Crippen molar-refractivity contribution in [3.05, 3.63) is 59.7 Å². The minimum Gasteiger partial charge on any atom is -0.494 e.